The number of aromatic nitrogens is 1. The van der Waals surface area contributed by atoms with Crippen molar-refractivity contribution in [2.75, 3.05) is 12.3 Å². The molecule has 1 aromatic carbocycles. The van der Waals surface area contributed by atoms with E-state index < -0.39 is 0 Å². The second kappa shape index (κ2) is 6.89. The van der Waals surface area contributed by atoms with E-state index in [-0.39, 0.29) is 5.54 Å². The lowest BCUT2D eigenvalue weighted by atomic mass is 10.1. The van der Waals surface area contributed by atoms with Gasteiger partial charge in [-0.3, -0.25) is 4.99 Å². The normalized spacial score (nSPS) is 14.6. The Morgan fingerprint density at radius 2 is 1.88 bits per heavy atom. The average Bonchev–Trinajstić information content (AvgIpc) is 3.00. The van der Waals surface area contributed by atoms with Crippen LogP contribution in [0.2, 0.25) is 0 Å². The minimum absolute atomic E-state index is 0.0127. The fourth-order valence-electron chi connectivity index (χ4n) is 2.68. The number of nitrogens with two attached hydrogens (primary N) is 1. The van der Waals surface area contributed by atoms with Crippen molar-refractivity contribution in [1.29, 1.82) is 0 Å². The molecule has 0 fully saturated rings. The van der Waals surface area contributed by atoms with Gasteiger partial charge in [0.05, 0.1) is 23.3 Å². The van der Waals surface area contributed by atoms with Crippen LogP contribution in [0.3, 0.4) is 0 Å². The predicted octanol–water partition coefficient (Wildman–Crippen LogP) is 3.48. The Hall–Kier alpha value is -3.32. The second-order valence-corrected chi connectivity index (χ2v) is 6.80. The number of anilines is 1. The number of nitrogens with one attached hydrogen (secondary N) is 1. The van der Waals surface area contributed by atoms with Crippen molar-refractivity contribution in [3.05, 3.63) is 71.4 Å². The van der Waals surface area contributed by atoms with Crippen molar-refractivity contribution in [1.82, 2.24) is 10.3 Å². The number of aliphatic imine (C=N–C) groups is 1. The van der Waals surface area contributed by atoms with Gasteiger partial charge >= 0.3 is 0 Å². The molecule has 0 radical (unpaired) electrons. The van der Waals surface area contributed by atoms with Crippen LogP contribution in [0.5, 0.6) is 0 Å². The molecule has 0 atom stereocenters. The van der Waals surface area contributed by atoms with Gasteiger partial charge in [0.1, 0.15) is 11.7 Å². The molecule has 0 aliphatic carbocycles. The molecule has 2 aromatic rings. The molecule has 0 saturated heterocycles. The van der Waals surface area contributed by atoms with Gasteiger partial charge in [0.2, 0.25) is 0 Å². The van der Waals surface area contributed by atoms with Crippen LogP contribution in [0.1, 0.15) is 41.8 Å². The van der Waals surface area contributed by atoms with Gasteiger partial charge in [-0.25, -0.2) is 4.98 Å². The van der Waals surface area contributed by atoms with Crippen LogP contribution in [0.4, 0.5) is 5.82 Å². The van der Waals surface area contributed by atoms with E-state index in [1.807, 2.05) is 30.3 Å². The first-order chi connectivity index (χ1) is 12.4. The van der Waals surface area contributed by atoms with Crippen molar-refractivity contribution >= 4 is 23.8 Å². The number of nitrogen functional groups attached to an aromatic ring is 1. The Labute approximate surface area is 154 Å². The smallest absolute Gasteiger partial charge is 0.139 e. The zero-order chi connectivity index (χ0) is 18.7. The summed E-state index contributed by atoms with van der Waals surface area (Å²) in [5, 5.41) is 3.43. The highest BCUT2D eigenvalue weighted by molar-refractivity contribution is 6.00. The monoisotopic (exact) mass is 342 g/mol. The van der Waals surface area contributed by atoms with Crippen LogP contribution in [-0.4, -0.2) is 22.9 Å². The Bertz CT molecular complexity index is 954. The van der Waals surface area contributed by atoms with E-state index >= 15 is 0 Å². The Balaban J connectivity index is 1.83. The summed E-state index contributed by atoms with van der Waals surface area (Å²) in [5.41, 5.74) is 10.2. The summed E-state index contributed by atoms with van der Waals surface area (Å²) in [5.74, 6) is 7.55. The number of benzene rings is 1. The highest BCUT2D eigenvalue weighted by Gasteiger charge is 2.25. The zero-order valence-corrected chi connectivity index (χ0v) is 15.1. The molecule has 4 heteroatoms. The molecule has 4 nitrogen and oxygen atoms in total. The molecule has 0 saturated carbocycles. The van der Waals surface area contributed by atoms with Gasteiger partial charge in [-0.1, -0.05) is 43.2 Å². The first kappa shape index (κ1) is 17.5. The molecule has 0 unspecified atom stereocenters. The largest absolute Gasteiger partial charge is 0.383 e. The maximum Gasteiger partial charge on any atom is 0.139 e. The van der Waals surface area contributed by atoms with E-state index in [0.29, 0.717) is 17.1 Å². The third-order valence-electron chi connectivity index (χ3n) is 4.11. The van der Waals surface area contributed by atoms with Crippen LogP contribution in [0.15, 0.2) is 48.5 Å². The lowest BCUT2D eigenvalue weighted by molar-refractivity contribution is 0.506. The second-order valence-electron chi connectivity index (χ2n) is 6.80. The van der Waals surface area contributed by atoms with E-state index in [1.165, 1.54) is 0 Å². The summed E-state index contributed by atoms with van der Waals surface area (Å²) >= 11 is 0. The molecule has 0 amide bonds. The quantitative estimate of drug-likeness (QED) is 0.840. The van der Waals surface area contributed by atoms with E-state index in [4.69, 9.17) is 5.73 Å². The topological polar surface area (TPSA) is 63.3 Å². The summed E-state index contributed by atoms with van der Waals surface area (Å²) in [6.07, 6.45) is 3.38. The number of amidine groups is 1. The van der Waals surface area contributed by atoms with Crippen LogP contribution in [0, 0.1) is 11.8 Å². The van der Waals surface area contributed by atoms with E-state index in [1.54, 1.807) is 12.2 Å². The molecular formula is C22H22N4. The molecule has 3 N–H and O–H groups in total. The summed E-state index contributed by atoms with van der Waals surface area (Å²) in [6.45, 7) is 12.6. The van der Waals surface area contributed by atoms with E-state index in [0.717, 1.165) is 29.1 Å². The van der Waals surface area contributed by atoms with Gasteiger partial charge in [-0.15, -0.1) is 0 Å². The standard InChI is InChI=1S/C22H22N4/c1-5-16-13-18(20(23)25-19(16)6-2)12-9-15-7-10-17(11-8-15)21-24-14-22(3,4)26-21/h5-8,10-11,13H,1-2,14H2,3-4H3,(H2,23,25)(H,24,26). The number of hydrogen-bond donors (Lipinski definition) is 2. The van der Waals surface area contributed by atoms with Crippen LogP contribution in [-0.2, 0) is 0 Å². The van der Waals surface area contributed by atoms with Crippen molar-refractivity contribution in [3.8, 4) is 11.8 Å². The number of rotatable bonds is 3. The maximum atomic E-state index is 6.00. The highest BCUT2D eigenvalue weighted by atomic mass is 15.1. The molecule has 2 heterocycles. The molecule has 1 aliphatic rings. The molecule has 0 spiro atoms. The minimum Gasteiger partial charge on any atom is -0.383 e. The number of nitrogens with zero attached hydrogens (tertiary/aromatic N) is 2. The predicted molar refractivity (Wildman–Crippen MR) is 110 cm³/mol. The summed E-state index contributed by atoms with van der Waals surface area (Å²) in [6, 6.07) is 9.89. The third-order valence-corrected chi connectivity index (χ3v) is 4.11. The van der Waals surface area contributed by atoms with Gasteiger partial charge in [-0.05, 0) is 38.1 Å². The Kier molecular flexibility index (Phi) is 4.64. The van der Waals surface area contributed by atoms with Gasteiger partial charge in [0.15, 0.2) is 0 Å². The average molecular weight is 342 g/mol. The van der Waals surface area contributed by atoms with Crippen molar-refractivity contribution < 1.29 is 0 Å². The van der Waals surface area contributed by atoms with E-state index in [2.05, 4.69) is 54.1 Å². The zero-order valence-electron chi connectivity index (χ0n) is 15.1. The summed E-state index contributed by atoms with van der Waals surface area (Å²) in [7, 11) is 0. The first-order valence-electron chi connectivity index (χ1n) is 8.42. The summed E-state index contributed by atoms with van der Waals surface area (Å²) < 4.78 is 0. The van der Waals surface area contributed by atoms with Crippen molar-refractivity contribution in [2.45, 2.75) is 19.4 Å². The van der Waals surface area contributed by atoms with Gasteiger partial charge < -0.3 is 11.1 Å². The van der Waals surface area contributed by atoms with Crippen LogP contribution < -0.4 is 11.1 Å². The molecule has 26 heavy (non-hydrogen) atoms. The lowest BCUT2D eigenvalue weighted by Gasteiger charge is -2.18. The van der Waals surface area contributed by atoms with Gasteiger partial charge in [0.25, 0.3) is 0 Å². The van der Waals surface area contributed by atoms with Crippen LogP contribution in [0.25, 0.3) is 12.2 Å². The summed E-state index contributed by atoms with van der Waals surface area (Å²) in [4.78, 5) is 8.87. The van der Waals surface area contributed by atoms with Gasteiger partial charge in [-0.2, -0.15) is 0 Å². The maximum absolute atomic E-state index is 6.00. The van der Waals surface area contributed by atoms with Crippen molar-refractivity contribution in [3.63, 3.8) is 0 Å². The fourth-order valence-corrected chi connectivity index (χ4v) is 2.68. The number of hydrogen-bond acceptors (Lipinski definition) is 4. The first-order valence-corrected chi connectivity index (χ1v) is 8.42. The van der Waals surface area contributed by atoms with Crippen molar-refractivity contribution in [2.24, 2.45) is 4.99 Å². The molecule has 3 rings (SSSR count). The SMILES string of the molecule is C=Cc1cc(C#Cc2ccc(C3=NCC(C)(C)N3)cc2)c(N)nc1C=C. The third kappa shape index (κ3) is 3.68. The number of pyridine rings is 1. The molecule has 1 aliphatic heterocycles. The Morgan fingerprint density at radius 1 is 1.15 bits per heavy atom. The molecular weight excluding hydrogens is 320 g/mol. The van der Waals surface area contributed by atoms with E-state index in [9.17, 15) is 0 Å². The van der Waals surface area contributed by atoms with Crippen LogP contribution >= 0.6 is 0 Å². The minimum atomic E-state index is 0.0127. The highest BCUT2D eigenvalue weighted by Crippen LogP contribution is 2.17. The molecule has 1 aromatic heterocycles. The van der Waals surface area contributed by atoms with Gasteiger partial charge in [0, 0.05) is 16.7 Å². The molecule has 0 bridgehead atoms. The Morgan fingerprint density at radius 3 is 2.46 bits per heavy atom. The lowest BCUT2D eigenvalue weighted by Crippen LogP contribution is -2.39. The fraction of sp³-hybridized carbons (Fsp3) is 0.182. The molecule has 130 valence electrons.